The van der Waals surface area contributed by atoms with Gasteiger partial charge in [-0.3, -0.25) is 0 Å². The highest BCUT2D eigenvalue weighted by atomic mass is 32.2. The average molecular weight is 399 g/mol. The molecule has 27 heavy (non-hydrogen) atoms. The summed E-state index contributed by atoms with van der Waals surface area (Å²) in [7, 11) is -2.18. The lowest BCUT2D eigenvalue weighted by atomic mass is 10.2. The van der Waals surface area contributed by atoms with Crippen molar-refractivity contribution >= 4 is 16.2 Å². The summed E-state index contributed by atoms with van der Waals surface area (Å²) in [4.78, 5) is 0. The van der Waals surface area contributed by atoms with Crippen LogP contribution in [0.1, 0.15) is 64.9 Å². The lowest BCUT2D eigenvalue weighted by Gasteiger charge is -2.34. The van der Waals surface area contributed by atoms with Crippen molar-refractivity contribution in [1.82, 2.24) is 0 Å². The molecular formula is C21H36NO4S+. The molecule has 0 saturated heterocycles. The number of benzene rings is 1. The predicted octanol–water partition coefficient (Wildman–Crippen LogP) is 5.14. The number of hydrogen-bond donors (Lipinski definition) is 0. The van der Waals surface area contributed by atoms with Crippen molar-refractivity contribution in [3.8, 4) is 5.75 Å². The maximum absolute atomic E-state index is 12.7. The number of unbranched alkanes of at least 4 members (excludes halogenated alkanes) is 3. The standard InChI is InChI=1S/C21H36NO4S/c1-5-8-16-22(17-9-6-2,18-10-7-3)26-27(23,24)19-15-20-11-13-21(25-4)14-12-20/h11-15,19H,5-10,16-18H2,1-4H3/q+1/b19-15+. The molecule has 0 radical (unpaired) electrons. The van der Waals surface area contributed by atoms with E-state index in [1.165, 1.54) is 5.41 Å². The second-order valence-electron chi connectivity index (χ2n) is 6.93. The van der Waals surface area contributed by atoms with E-state index in [0.29, 0.717) is 0 Å². The van der Waals surface area contributed by atoms with E-state index in [9.17, 15) is 8.42 Å². The molecule has 0 atom stereocenters. The van der Waals surface area contributed by atoms with E-state index in [1.807, 2.05) is 12.1 Å². The molecule has 0 aliphatic heterocycles. The van der Waals surface area contributed by atoms with E-state index < -0.39 is 10.1 Å². The molecule has 0 aromatic heterocycles. The van der Waals surface area contributed by atoms with Gasteiger partial charge in [-0.1, -0.05) is 56.5 Å². The van der Waals surface area contributed by atoms with Crippen LogP contribution in [-0.2, 0) is 14.4 Å². The second kappa shape index (κ2) is 12.2. The topological polar surface area (TPSA) is 52.6 Å². The van der Waals surface area contributed by atoms with Gasteiger partial charge in [0, 0.05) is 0 Å². The molecule has 0 aliphatic rings. The van der Waals surface area contributed by atoms with Crippen LogP contribution in [0.25, 0.3) is 6.08 Å². The van der Waals surface area contributed by atoms with Crippen LogP contribution in [-0.4, -0.2) is 39.8 Å². The number of ether oxygens (including phenoxy) is 1. The molecule has 1 rings (SSSR count). The van der Waals surface area contributed by atoms with Gasteiger partial charge < -0.3 is 4.74 Å². The van der Waals surface area contributed by atoms with Gasteiger partial charge >= 0.3 is 10.1 Å². The van der Waals surface area contributed by atoms with E-state index in [1.54, 1.807) is 25.3 Å². The zero-order valence-electron chi connectivity index (χ0n) is 17.3. The zero-order valence-corrected chi connectivity index (χ0v) is 18.1. The molecule has 1 aromatic carbocycles. The van der Waals surface area contributed by atoms with Crippen molar-refractivity contribution in [3.05, 3.63) is 35.2 Å². The minimum absolute atomic E-state index is 0.199. The largest absolute Gasteiger partial charge is 0.497 e. The molecule has 0 N–H and O–H groups in total. The van der Waals surface area contributed by atoms with Crippen LogP contribution < -0.4 is 4.74 Å². The maximum atomic E-state index is 12.7. The van der Waals surface area contributed by atoms with Crippen molar-refractivity contribution in [2.45, 2.75) is 59.3 Å². The van der Waals surface area contributed by atoms with Crippen LogP contribution in [0, 0.1) is 0 Å². The smallest absolute Gasteiger partial charge is 0.336 e. The van der Waals surface area contributed by atoms with Crippen LogP contribution >= 0.6 is 0 Å². The van der Waals surface area contributed by atoms with Gasteiger partial charge in [0.2, 0.25) is 0 Å². The third-order valence-corrected chi connectivity index (χ3v) is 5.56. The third-order valence-electron chi connectivity index (χ3n) is 4.56. The SMILES string of the molecule is CCCC[N+](CCCC)(CCCC)OS(=O)(=O)/C=C/c1ccc(OC)cc1. The number of hydrogen-bond acceptors (Lipinski definition) is 4. The third kappa shape index (κ3) is 8.91. The van der Waals surface area contributed by atoms with Crippen LogP contribution in [0.5, 0.6) is 5.75 Å². The number of rotatable bonds is 14. The van der Waals surface area contributed by atoms with E-state index in [-0.39, 0.29) is 4.65 Å². The molecule has 0 fully saturated rings. The van der Waals surface area contributed by atoms with Crippen molar-refractivity contribution in [3.63, 3.8) is 0 Å². The first kappa shape index (κ1) is 23.7. The molecule has 0 heterocycles. The first-order valence-corrected chi connectivity index (χ1v) is 11.5. The number of methoxy groups -OCH3 is 1. The number of hydroxylamine groups is 3. The lowest BCUT2D eigenvalue weighted by Crippen LogP contribution is -2.51. The Hall–Kier alpha value is -1.37. The van der Waals surface area contributed by atoms with Gasteiger partial charge in [0.15, 0.2) is 0 Å². The number of nitrogens with zero attached hydrogens (tertiary/aromatic N) is 1. The Balaban J connectivity index is 2.97. The molecule has 6 heteroatoms. The summed E-state index contributed by atoms with van der Waals surface area (Å²) in [6.07, 6.45) is 7.47. The molecule has 0 unspecified atom stereocenters. The van der Waals surface area contributed by atoms with Crippen molar-refractivity contribution in [1.29, 1.82) is 0 Å². The van der Waals surface area contributed by atoms with Gasteiger partial charge in [-0.25, -0.2) is 0 Å². The summed E-state index contributed by atoms with van der Waals surface area (Å²) in [6, 6.07) is 7.24. The summed E-state index contributed by atoms with van der Waals surface area (Å²) in [5.74, 6) is 0.737. The van der Waals surface area contributed by atoms with Crippen LogP contribution in [0.2, 0.25) is 0 Å². The Morgan fingerprint density at radius 3 is 1.78 bits per heavy atom. The quantitative estimate of drug-likeness (QED) is 0.321. The monoisotopic (exact) mass is 398 g/mol. The maximum Gasteiger partial charge on any atom is 0.336 e. The Bertz CT molecular complexity index is 631. The molecule has 0 amide bonds. The van der Waals surface area contributed by atoms with Gasteiger partial charge in [-0.05, 0) is 43.0 Å². The molecular weight excluding hydrogens is 362 g/mol. The Morgan fingerprint density at radius 2 is 1.37 bits per heavy atom. The summed E-state index contributed by atoms with van der Waals surface area (Å²) in [6.45, 7) is 8.54. The summed E-state index contributed by atoms with van der Waals surface area (Å²) in [5, 5.41) is 1.17. The molecule has 1 aromatic rings. The zero-order chi connectivity index (χ0) is 20.2. The first-order chi connectivity index (χ1) is 12.9. The first-order valence-electron chi connectivity index (χ1n) is 10.0. The minimum Gasteiger partial charge on any atom is -0.497 e. The molecule has 0 saturated carbocycles. The van der Waals surface area contributed by atoms with Crippen LogP contribution in [0.15, 0.2) is 29.7 Å². The predicted molar refractivity (Wildman–Crippen MR) is 112 cm³/mol. The van der Waals surface area contributed by atoms with E-state index >= 15 is 0 Å². The fraction of sp³-hybridized carbons (Fsp3) is 0.619. The average Bonchev–Trinajstić information content (AvgIpc) is 2.67. The number of quaternary nitrogens is 1. The van der Waals surface area contributed by atoms with Gasteiger partial charge in [-0.15, -0.1) is 0 Å². The Kier molecular flexibility index (Phi) is 10.7. The highest BCUT2D eigenvalue weighted by Gasteiger charge is 2.33. The normalized spacial score (nSPS) is 12.6. The molecule has 0 bridgehead atoms. The van der Waals surface area contributed by atoms with Gasteiger partial charge in [0.25, 0.3) is 0 Å². The molecule has 0 spiro atoms. The second-order valence-corrected chi connectivity index (χ2v) is 8.34. The lowest BCUT2D eigenvalue weighted by molar-refractivity contribution is -1.08. The van der Waals surface area contributed by atoms with E-state index in [2.05, 4.69) is 20.8 Å². The fourth-order valence-corrected chi connectivity index (χ4v) is 3.95. The van der Waals surface area contributed by atoms with E-state index in [0.717, 1.165) is 69.5 Å². The summed E-state index contributed by atoms with van der Waals surface area (Å²) in [5.41, 5.74) is 0.789. The van der Waals surface area contributed by atoms with Gasteiger partial charge in [0.05, 0.1) is 12.5 Å². The Morgan fingerprint density at radius 1 is 0.889 bits per heavy atom. The van der Waals surface area contributed by atoms with Crippen molar-refractivity contribution < 1.29 is 22.1 Å². The molecule has 0 aliphatic carbocycles. The minimum atomic E-state index is -3.78. The van der Waals surface area contributed by atoms with Crippen molar-refractivity contribution in [2.75, 3.05) is 26.7 Å². The van der Waals surface area contributed by atoms with E-state index in [4.69, 9.17) is 9.02 Å². The Labute approximate surface area is 165 Å². The highest BCUT2D eigenvalue weighted by Crippen LogP contribution is 2.20. The van der Waals surface area contributed by atoms with Gasteiger partial charge in [-0.2, -0.15) is 13.1 Å². The molecule has 154 valence electrons. The van der Waals surface area contributed by atoms with Crippen LogP contribution in [0.4, 0.5) is 0 Å². The van der Waals surface area contributed by atoms with Gasteiger partial charge in [0.1, 0.15) is 25.4 Å². The van der Waals surface area contributed by atoms with Crippen LogP contribution in [0.3, 0.4) is 0 Å². The summed E-state index contributed by atoms with van der Waals surface area (Å²) >= 11 is 0. The molecule has 5 nitrogen and oxygen atoms in total. The summed E-state index contributed by atoms with van der Waals surface area (Å²) < 4.78 is 36.5. The fourth-order valence-electron chi connectivity index (χ4n) is 2.91. The highest BCUT2D eigenvalue weighted by molar-refractivity contribution is 7.89. The van der Waals surface area contributed by atoms with Crippen molar-refractivity contribution in [2.24, 2.45) is 0 Å².